The fraction of sp³-hybridized carbons (Fsp3) is 0.214. The van der Waals surface area contributed by atoms with E-state index >= 15 is 0 Å². The number of nitrogens with zero attached hydrogens (tertiary/aromatic N) is 4. The van der Waals surface area contributed by atoms with Gasteiger partial charge in [-0.05, 0) is 18.2 Å². The van der Waals surface area contributed by atoms with E-state index in [2.05, 4.69) is 20.3 Å². The van der Waals surface area contributed by atoms with Gasteiger partial charge in [-0.2, -0.15) is 0 Å². The molecule has 0 aliphatic rings. The van der Waals surface area contributed by atoms with Crippen molar-refractivity contribution in [2.75, 3.05) is 0 Å². The molecule has 6 nitrogen and oxygen atoms in total. The lowest BCUT2D eigenvalue weighted by Gasteiger charge is -2.16. The molecule has 3 aromatic heterocycles. The van der Waals surface area contributed by atoms with Crippen molar-refractivity contribution >= 4 is 0 Å². The lowest BCUT2D eigenvalue weighted by molar-refractivity contribution is 0.428. The van der Waals surface area contributed by atoms with E-state index in [4.69, 9.17) is 4.42 Å². The molecule has 0 saturated carbocycles. The monoisotopic (exact) mass is 269 g/mol. The molecule has 1 N–H and O–H groups in total. The van der Waals surface area contributed by atoms with Crippen LogP contribution in [0.3, 0.4) is 0 Å². The molecule has 20 heavy (non-hydrogen) atoms. The molecule has 0 aromatic carbocycles. The van der Waals surface area contributed by atoms with E-state index in [1.54, 1.807) is 25.0 Å². The minimum absolute atomic E-state index is 0.111. The van der Waals surface area contributed by atoms with Gasteiger partial charge in [0.05, 0.1) is 12.0 Å². The maximum Gasteiger partial charge on any atom is 0.133 e. The number of hydrogen-bond acceptors (Lipinski definition) is 5. The van der Waals surface area contributed by atoms with Crippen molar-refractivity contribution in [1.82, 2.24) is 24.8 Å². The molecule has 3 rings (SSSR count). The van der Waals surface area contributed by atoms with Crippen molar-refractivity contribution in [3.8, 4) is 0 Å². The molecule has 3 heterocycles. The van der Waals surface area contributed by atoms with Crippen LogP contribution in [0.4, 0.5) is 0 Å². The summed E-state index contributed by atoms with van der Waals surface area (Å²) in [4.78, 5) is 12.5. The second kappa shape index (κ2) is 5.66. The Morgan fingerprint density at radius 2 is 2.25 bits per heavy atom. The van der Waals surface area contributed by atoms with Crippen LogP contribution in [0.15, 0.2) is 53.8 Å². The summed E-state index contributed by atoms with van der Waals surface area (Å²) >= 11 is 0. The highest BCUT2D eigenvalue weighted by Crippen LogP contribution is 2.21. The zero-order valence-corrected chi connectivity index (χ0v) is 11.1. The van der Waals surface area contributed by atoms with Gasteiger partial charge < -0.3 is 8.98 Å². The first kappa shape index (κ1) is 12.6. The average Bonchev–Trinajstić information content (AvgIpc) is 3.13. The Bertz CT molecular complexity index is 647. The molecule has 0 bridgehead atoms. The summed E-state index contributed by atoms with van der Waals surface area (Å²) < 4.78 is 7.49. The molecule has 102 valence electrons. The Hall–Kier alpha value is -2.47. The van der Waals surface area contributed by atoms with E-state index in [0.717, 1.165) is 17.3 Å². The summed E-state index contributed by atoms with van der Waals surface area (Å²) in [7, 11) is 1.96. The van der Waals surface area contributed by atoms with Crippen LogP contribution in [0.1, 0.15) is 23.3 Å². The summed E-state index contributed by atoms with van der Waals surface area (Å²) in [5.41, 5.74) is 0.922. The Kier molecular flexibility index (Phi) is 3.56. The molecular formula is C14H15N5O. The number of rotatable bonds is 5. The second-order valence-corrected chi connectivity index (χ2v) is 4.43. The number of hydrogen-bond donors (Lipinski definition) is 1. The Morgan fingerprint density at radius 3 is 2.90 bits per heavy atom. The summed E-state index contributed by atoms with van der Waals surface area (Å²) in [6.07, 6.45) is 8.62. The van der Waals surface area contributed by atoms with E-state index in [1.807, 2.05) is 36.0 Å². The predicted octanol–water partition coefficient (Wildman–Crippen LogP) is 1.68. The van der Waals surface area contributed by atoms with E-state index < -0.39 is 0 Å². The summed E-state index contributed by atoms with van der Waals surface area (Å²) in [6.45, 7) is 0.612. The lowest BCUT2D eigenvalue weighted by atomic mass is 10.2. The first-order valence-electron chi connectivity index (χ1n) is 6.33. The maximum absolute atomic E-state index is 5.51. The molecule has 1 unspecified atom stereocenters. The van der Waals surface area contributed by atoms with Gasteiger partial charge in [0, 0.05) is 32.2 Å². The average molecular weight is 269 g/mol. The molecular weight excluding hydrogens is 254 g/mol. The highest BCUT2D eigenvalue weighted by molar-refractivity contribution is 5.16. The smallest absolute Gasteiger partial charge is 0.133 e. The molecule has 0 spiro atoms. The van der Waals surface area contributed by atoms with Gasteiger partial charge >= 0.3 is 0 Å². The van der Waals surface area contributed by atoms with Crippen LogP contribution in [0.25, 0.3) is 0 Å². The van der Waals surface area contributed by atoms with Gasteiger partial charge in [0.15, 0.2) is 0 Å². The topological polar surface area (TPSA) is 68.8 Å². The van der Waals surface area contributed by atoms with Gasteiger partial charge in [-0.25, -0.2) is 15.0 Å². The zero-order chi connectivity index (χ0) is 13.8. The fourth-order valence-electron chi connectivity index (χ4n) is 2.06. The highest BCUT2D eigenvalue weighted by Gasteiger charge is 2.20. The molecule has 6 heteroatoms. The third-order valence-electron chi connectivity index (χ3n) is 3.07. The van der Waals surface area contributed by atoms with Gasteiger partial charge in [0.2, 0.25) is 0 Å². The molecule has 0 amide bonds. The Labute approximate surface area is 116 Å². The van der Waals surface area contributed by atoms with Crippen LogP contribution in [0, 0.1) is 0 Å². The molecule has 0 fully saturated rings. The molecule has 3 aromatic rings. The number of furan rings is 1. The Balaban J connectivity index is 1.82. The van der Waals surface area contributed by atoms with Crippen molar-refractivity contribution in [3.05, 3.63) is 66.7 Å². The van der Waals surface area contributed by atoms with Gasteiger partial charge in [-0.15, -0.1) is 0 Å². The molecule has 0 radical (unpaired) electrons. The van der Waals surface area contributed by atoms with Crippen LogP contribution >= 0.6 is 0 Å². The minimum Gasteiger partial charge on any atom is -0.467 e. The maximum atomic E-state index is 5.51. The first-order valence-corrected chi connectivity index (χ1v) is 6.33. The fourth-order valence-corrected chi connectivity index (χ4v) is 2.06. The van der Waals surface area contributed by atoms with E-state index in [9.17, 15) is 0 Å². The first-order chi connectivity index (χ1) is 9.84. The Morgan fingerprint density at radius 1 is 1.30 bits per heavy atom. The number of aromatic nitrogens is 4. The number of imidazole rings is 1. The van der Waals surface area contributed by atoms with Crippen LogP contribution in [0.2, 0.25) is 0 Å². The van der Waals surface area contributed by atoms with Crippen LogP contribution in [0.5, 0.6) is 0 Å². The van der Waals surface area contributed by atoms with Crippen LogP contribution in [-0.2, 0) is 13.6 Å². The molecule has 0 saturated heterocycles. The number of nitrogens with one attached hydrogen (secondary N) is 1. The largest absolute Gasteiger partial charge is 0.467 e. The molecule has 0 aliphatic heterocycles. The number of aryl methyl sites for hydroxylation is 1. The quantitative estimate of drug-likeness (QED) is 0.763. The van der Waals surface area contributed by atoms with Crippen molar-refractivity contribution in [2.45, 2.75) is 12.6 Å². The second-order valence-electron chi connectivity index (χ2n) is 4.43. The molecule has 0 aliphatic carbocycles. The normalized spacial score (nSPS) is 12.4. The third-order valence-corrected chi connectivity index (χ3v) is 3.07. The molecule has 1 atom stereocenters. The third kappa shape index (κ3) is 2.60. The van der Waals surface area contributed by atoms with E-state index in [0.29, 0.717) is 6.54 Å². The summed E-state index contributed by atoms with van der Waals surface area (Å²) in [5, 5.41) is 3.41. The van der Waals surface area contributed by atoms with E-state index in [-0.39, 0.29) is 6.04 Å². The van der Waals surface area contributed by atoms with Crippen molar-refractivity contribution in [3.63, 3.8) is 0 Å². The van der Waals surface area contributed by atoms with Gasteiger partial charge in [0.1, 0.15) is 24.0 Å². The van der Waals surface area contributed by atoms with Crippen LogP contribution < -0.4 is 5.32 Å². The minimum atomic E-state index is -0.111. The standard InChI is InChI=1S/C14H15N5O/c1-19-7-6-16-14(19)13(12-3-2-8-20-12)17-9-11-4-5-15-10-18-11/h2-8,10,13,17H,9H2,1H3. The van der Waals surface area contributed by atoms with Gasteiger partial charge in [-0.3, -0.25) is 5.32 Å². The zero-order valence-electron chi connectivity index (χ0n) is 11.1. The predicted molar refractivity (Wildman–Crippen MR) is 72.6 cm³/mol. The van der Waals surface area contributed by atoms with Crippen molar-refractivity contribution in [1.29, 1.82) is 0 Å². The van der Waals surface area contributed by atoms with Gasteiger partial charge in [0.25, 0.3) is 0 Å². The lowest BCUT2D eigenvalue weighted by Crippen LogP contribution is -2.24. The highest BCUT2D eigenvalue weighted by atomic mass is 16.3. The summed E-state index contributed by atoms with van der Waals surface area (Å²) in [5.74, 6) is 1.72. The summed E-state index contributed by atoms with van der Waals surface area (Å²) in [6, 6.07) is 5.58. The van der Waals surface area contributed by atoms with Crippen LogP contribution in [-0.4, -0.2) is 19.5 Å². The van der Waals surface area contributed by atoms with Gasteiger partial charge in [-0.1, -0.05) is 0 Å². The van der Waals surface area contributed by atoms with Crippen molar-refractivity contribution < 1.29 is 4.42 Å². The van der Waals surface area contributed by atoms with E-state index in [1.165, 1.54) is 0 Å². The van der Waals surface area contributed by atoms with Crippen molar-refractivity contribution in [2.24, 2.45) is 7.05 Å². The SMILES string of the molecule is Cn1ccnc1C(NCc1ccncn1)c1ccco1.